The summed E-state index contributed by atoms with van der Waals surface area (Å²) in [4.78, 5) is 7.80. The molecule has 0 radical (unpaired) electrons. The molecule has 1 spiro atoms. The zero-order chi connectivity index (χ0) is 41.0. The summed E-state index contributed by atoms with van der Waals surface area (Å²) >= 11 is 0. The Hall–Kier alpha value is -8.07. The summed E-state index contributed by atoms with van der Waals surface area (Å²) in [5.74, 6) is 0. The Morgan fingerprint density at radius 3 is 1.40 bits per heavy atom. The maximum absolute atomic E-state index is 5.37. The zero-order valence-electron chi connectivity index (χ0n) is 34.0. The van der Waals surface area contributed by atoms with Crippen molar-refractivity contribution in [3.05, 3.63) is 265 Å². The lowest BCUT2D eigenvalue weighted by molar-refractivity contribution is 0.753. The van der Waals surface area contributed by atoms with Gasteiger partial charge in [-0.05, 0) is 115 Å². The fraction of sp³-hybridized carbons (Fsp3) is 0.0167. The lowest BCUT2D eigenvalue weighted by Crippen LogP contribution is -2.36. The molecule has 0 amide bonds. The van der Waals surface area contributed by atoms with E-state index in [-0.39, 0.29) is 0 Å². The minimum atomic E-state index is -0.519. The van der Waals surface area contributed by atoms with Crippen molar-refractivity contribution in [2.75, 3.05) is 4.90 Å². The van der Waals surface area contributed by atoms with Crippen LogP contribution in [0.2, 0.25) is 0 Å². The fourth-order valence-electron chi connectivity index (χ4n) is 10.1. The summed E-state index contributed by atoms with van der Waals surface area (Å²) in [6.45, 7) is 0. The van der Waals surface area contributed by atoms with Crippen LogP contribution in [0.25, 0.3) is 67.0 Å². The number of para-hydroxylation sites is 3. The summed E-state index contributed by atoms with van der Waals surface area (Å²) < 4.78 is 0. The van der Waals surface area contributed by atoms with E-state index in [4.69, 9.17) is 4.98 Å². The molecule has 2 nitrogen and oxygen atoms in total. The van der Waals surface area contributed by atoms with Crippen molar-refractivity contribution in [3.63, 3.8) is 0 Å². The molecule has 0 N–H and O–H groups in total. The molecular formula is C60H40N2. The average molecular weight is 789 g/mol. The zero-order valence-corrected chi connectivity index (χ0v) is 34.0. The smallest absolute Gasteiger partial charge is 0.0754 e. The molecule has 1 aliphatic heterocycles. The molecule has 0 saturated heterocycles. The number of rotatable bonds is 6. The van der Waals surface area contributed by atoms with Gasteiger partial charge in [-0.1, -0.05) is 194 Å². The topological polar surface area (TPSA) is 16.1 Å². The van der Waals surface area contributed by atoms with Crippen LogP contribution in [0.5, 0.6) is 0 Å². The predicted octanol–water partition coefficient (Wildman–Crippen LogP) is 15.6. The van der Waals surface area contributed by atoms with E-state index in [9.17, 15) is 0 Å². The Bertz CT molecular complexity index is 3230. The number of aromatic nitrogens is 1. The van der Waals surface area contributed by atoms with E-state index >= 15 is 0 Å². The molecule has 62 heavy (non-hydrogen) atoms. The van der Waals surface area contributed by atoms with Gasteiger partial charge in [0.25, 0.3) is 0 Å². The number of anilines is 3. The summed E-state index contributed by atoms with van der Waals surface area (Å²) in [5.41, 5.74) is 21.8. The van der Waals surface area contributed by atoms with Crippen LogP contribution in [0.3, 0.4) is 0 Å². The van der Waals surface area contributed by atoms with E-state index in [1.807, 2.05) is 0 Å². The number of fused-ring (bicyclic) bond motifs is 9. The second kappa shape index (κ2) is 14.6. The van der Waals surface area contributed by atoms with Crippen LogP contribution >= 0.6 is 0 Å². The highest BCUT2D eigenvalue weighted by Gasteiger charge is 2.51. The fourth-order valence-corrected chi connectivity index (χ4v) is 10.1. The van der Waals surface area contributed by atoms with Crippen LogP contribution in [-0.4, -0.2) is 4.98 Å². The molecule has 2 heteroatoms. The number of hydrogen-bond acceptors (Lipinski definition) is 2. The number of hydrogen-bond donors (Lipinski definition) is 0. The Kier molecular flexibility index (Phi) is 8.43. The van der Waals surface area contributed by atoms with Crippen molar-refractivity contribution in [1.29, 1.82) is 0 Å². The first-order valence-corrected chi connectivity index (χ1v) is 21.4. The highest BCUT2D eigenvalue weighted by molar-refractivity contribution is 5.96. The van der Waals surface area contributed by atoms with Gasteiger partial charge in [0.05, 0.1) is 28.2 Å². The van der Waals surface area contributed by atoms with Gasteiger partial charge in [0.2, 0.25) is 0 Å². The molecular weight excluding hydrogens is 749 g/mol. The first-order chi connectivity index (χ1) is 30.7. The third-order valence-corrected chi connectivity index (χ3v) is 12.9. The van der Waals surface area contributed by atoms with E-state index < -0.39 is 5.41 Å². The number of pyridine rings is 1. The maximum Gasteiger partial charge on any atom is 0.0754 e. The van der Waals surface area contributed by atoms with Gasteiger partial charge in [-0.3, -0.25) is 0 Å². The summed E-state index contributed by atoms with van der Waals surface area (Å²) in [6.07, 6.45) is 0. The van der Waals surface area contributed by atoms with Crippen molar-refractivity contribution in [2.24, 2.45) is 0 Å². The number of nitrogens with zero attached hydrogens (tertiary/aromatic N) is 2. The molecule has 0 unspecified atom stereocenters. The van der Waals surface area contributed by atoms with Crippen LogP contribution in [0.4, 0.5) is 17.1 Å². The minimum Gasteiger partial charge on any atom is -0.310 e. The Morgan fingerprint density at radius 1 is 0.274 bits per heavy atom. The standard InChI is InChI=1S/C60H40N2/c1-4-17-41(18-5-1)43-31-33-44(34-32-43)56-39-48(42-19-6-2-7-20-42)40-57(61-56)47-22-16-21-45(37-47)46-35-36-51-50-25-10-11-26-52(50)60(55(51)38-46)53-27-12-14-29-58(53)62(49-23-8-3-9-24-49)59-30-15-13-28-54(59)60/h1-40H. The molecule has 0 bridgehead atoms. The van der Waals surface area contributed by atoms with Crippen molar-refractivity contribution >= 4 is 17.1 Å². The van der Waals surface area contributed by atoms with Gasteiger partial charge in [0.15, 0.2) is 0 Å². The molecule has 9 aromatic carbocycles. The maximum atomic E-state index is 5.37. The molecule has 10 aromatic rings. The van der Waals surface area contributed by atoms with Crippen molar-refractivity contribution in [3.8, 4) is 67.0 Å². The van der Waals surface area contributed by atoms with Crippen LogP contribution < -0.4 is 4.90 Å². The van der Waals surface area contributed by atoms with E-state index in [2.05, 4.69) is 248 Å². The van der Waals surface area contributed by atoms with Crippen LogP contribution in [-0.2, 0) is 5.41 Å². The monoisotopic (exact) mass is 788 g/mol. The van der Waals surface area contributed by atoms with Gasteiger partial charge in [-0.15, -0.1) is 0 Å². The largest absolute Gasteiger partial charge is 0.310 e. The van der Waals surface area contributed by atoms with Gasteiger partial charge in [0.1, 0.15) is 0 Å². The SMILES string of the molecule is c1ccc(-c2ccc(-c3cc(-c4ccccc4)cc(-c4cccc(-c5ccc6c(c5)C5(c7ccccc7-6)c6ccccc6N(c6ccccc6)c6ccccc65)c4)n3)cc2)cc1. The quantitative estimate of drug-likeness (QED) is 0.167. The summed E-state index contributed by atoms with van der Waals surface area (Å²) in [7, 11) is 0. The highest BCUT2D eigenvalue weighted by Crippen LogP contribution is 2.63. The molecule has 0 saturated carbocycles. The predicted molar refractivity (Wildman–Crippen MR) is 257 cm³/mol. The van der Waals surface area contributed by atoms with Gasteiger partial charge >= 0.3 is 0 Å². The second-order valence-electron chi connectivity index (χ2n) is 16.3. The summed E-state index contributed by atoms with van der Waals surface area (Å²) in [6, 6.07) is 88.3. The first kappa shape index (κ1) is 35.8. The molecule has 0 atom stereocenters. The van der Waals surface area contributed by atoms with Gasteiger partial charge in [-0.25, -0.2) is 4.98 Å². The second-order valence-corrected chi connectivity index (χ2v) is 16.3. The van der Waals surface area contributed by atoms with E-state index in [0.29, 0.717) is 0 Å². The van der Waals surface area contributed by atoms with Crippen molar-refractivity contribution in [1.82, 2.24) is 4.98 Å². The van der Waals surface area contributed by atoms with Gasteiger partial charge in [0, 0.05) is 16.8 Å². The molecule has 2 aliphatic rings. The van der Waals surface area contributed by atoms with Crippen molar-refractivity contribution in [2.45, 2.75) is 5.41 Å². The average Bonchev–Trinajstić information content (AvgIpc) is 3.65. The Labute approximate surface area is 362 Å². The third kappa shape index (κ3) is 5.68. The Balaban J connectivity index is 1.01. The van der Waals surface area contributed by atoms with Gasteiger partial charge < -0.3 is 4.90 Å². The van der Waals surface area contributed by atoms with Crippen LogP contribution in [0.1, 0.15) is 22.3 Å². The molecule has 0 fully saturated rings. The molecule has 290 valence electrons. The lowest BCUT2D eigenvalue weighted by atomic mass is 9.64. The lowest BCUT2D eigenvalue weighted by Gasteiger charge is -2.45. The molecule has 12 rings (SSSR count). The van der Waals surface area contributed by atoms with Gasteiger partial charge in [-0.2, -0.15) is 0 Å². The molecule has 1 aliphatic carbocycles. The minimum absolute atomic E-state index is 0.519. The molecule has 2 heterocycles. The van der Waals surface area contributed by atoms with E-state index in [1.54, 1.807) is 0 Å². The highest BCUT2D eigenvalue weighted by atomic mass is 15.2. The van der Waals surface area contributed by atoms with Crippen molar-refractivity contribution < 1.29 is 0 Å². The van der Waals surface area contributed by atoms with Crippen LogP contribution in [0.15, 0.2) is 243 Å². The normalized spacial score (nSPS) is 12.9. The van der Waals surface area contributed by atoms with E-state index in [1.165, 1.54) is 61.4 Å². The summed E-state index contributed by atoms with van der Waals surface area (Å²) in [5, 5.41) is 0. The van der Waals surface area contributed by atoms with E-state index in [0.717, 1.165) is 44.9 Å². The number of benzene rings is 9. The first-order valence-electron chi connectivity index (χ1n) is 21.4. The van der Waals surface area contributed by atoms with Crippen LogP contribution in [0, 0.1) is 0 Å². The Morgan fingerprint density at radius 2 is 0.726 bits per heavy atom. The molecule has 1 aromatic heterocycles. The third-order valence-electron chi connectivity index (χ3n) is 12.9.